The van der Waals surface area contributed by atoms with Crippen LogP contribution in [-0.2, 0) is 4.79 Å². The first-order chi connectivity index (χ1) is 8.15. The van der Waals surface area contributed by atoms with Crippen molar-refractivity contribution in [1.29, 1.82) is 0 Å². The molecule has 19 heavy (non-hydrogen) atoms. The molecule has 2 rings (SSSR count). The van der Waals surface area contributed by atoms with Crippen molar-refractivity contribution in [2.45, 2.75) is 6.92 Å². The van der Waals surface area contributed by atoms with E-state index in [1.807, 2.05) is 43.1 Å². The van der Waals surface area contributed by atoms with Gasteiger partial charge in [0.05, 0.1) is 11.4 Å². The largest absolute Gasteiger partial charge is 0.371 e. The number of carbonyl (C=O) groups excluding carboxylic acids is 1. The van der Waals surface area contributed by atoms with Crippen LogP contribution >= 0.6 is 24.8 Å². The minimum atomic E-state index is -0.119. The summed E-state index contributed by atoms with van der Waals surface area (Å²) in [5, 5.41) is 0. The molecule has 1 aromatic rings. The normalized spacial score (nSPS) is 14.9. The lowest BCUT2D eigenvalue weighted by Crippen LogP contribution is -2.45. The van der Waals surface area contributed by atoms with Gasteiger partial charge in [-0.15, -0.1) is 24.8 Å². The summed E-state index contributed by atoms with van der Waals surface area (Å²) < 4.78 is 0. The number of amides is 1. The van der Waals surface area contributed by atoms with Crippen molar-refractivity contribution in [3.8, 4) is 0 Å². The molecule has 1 aliphatic rings. The third-order valence-electron chi connectivity index (χ3n) is 3.28. The van der Waals surface area contributed by atoms with Crippen molar-refractivity contribution >= 4 is 42.1 Å². The summed E-state index contributed by atoms with van der Waals surface area (Å²) in [6.45, 7) is 3.87. The molecule has 0 saturated carbocycles. The Morgan fingerprint density at radius 2 is 1.84 bits per heavy atom. The zero-order chi connectivity index (χ0) is 12.4. The van der Waals surface area contributed by atoms with E-state index in [9.17, 15) is 4.79 Å². The van der Waals surface area contributed by atoms with Crippen LogP contribution < -0.4 is 15.5 Å². The molecule has 0 aliphatic carbocycles. The average Bonchev–Trinajstić information content (AvgIpc) is 2.38. The molecule has 1 atom stereocenters. The molecule has 6 heteroatoms. The minimum Gasteiger partial charge on any atom is -0.371 e. The Kier molecular flexibility index (Phi) is 7.19. The second-order valence-electron chi connectivity index (χ2n) is 4.54. The van der Waals surface area contributed by atoms with Crippen LogP contribution in [0.5, 0.6) is 0 Å². The van der Waals surface area contributed by atoms with Gasteiger partial charge < -0.3 is 15.5 Å². The molecule has 1 amide bonds. The first-order valence-corrected chi connectivity index (χ1v) is 5.96. The highest BCUT2D eigenvalue weighted by molar-refractivity contribution is 5.99. The Balaban J connectivity index is 0.00000162. The number of carbonyl (C=O) groups is 1. The van der Waals surface area contributed by atoms with Gasteiger partial charge in [-0.05, 0) is 12.1 Å². The number of likely N-dealkylation sites (N-methyl/N-ethyl adjacent to an activating group) is 1. The van der Waals surface area contributed by atoms with Gasteiger partial charge in [0.2, 0.25) is 5.91 Å². The predicted molar refractivity (Wildman–Crippen MR) is 84.8 cm³/mol. The predicted octanol–water partition coefficient (Wildman–Crippen LogP) is 1.91. The molecule has 1 heterocycles. The van der Waals surface area contributed by atoms with E-state index in [1.54, 1.807) is 0 Å². The fourth-order valence-electron chi connectivity index (χ4n) is 2.10. The molecule has 4 nitrogen and oxygen atoms in total. The highest BCUT2D eigenvalue weighted by Crippen LogP contribution is 2.32. The molecule has 1 aromatic carbocycles. The molecule has 0 aromatic heterocycles. The lowest BCUT2D eigenvalue weighted by atomic mass is 10.1. The van der Waals surface area contributed by atoms with Crippen molar-refractivity contribution in [3.05, 3.63) is 24.3 Å². The molecule has 0 radical (unpaired) electrons. The van der Waals surface area contributed by atoms with E-state index >= 15 is 0 Å². The lowest BCUT2D eigenvalue weighted by molar-refractivity contribution is -0.121. The second kappa shape index (κ2) is 7.58. The zero-order valence-electron chi connectivity index (χ0n) is 11.2. The van der Waals surface area contributed by atoms with Crippen LogP contribution in [0.2, 0.25) is 0 Å². The van der Waals surface area contributed by atoms with Gasteiger partial charge in [0, 0.05) is 32.6 Å². The van der Waals surface area contributed by atoms with E-state index in [-0.39, 0.29) is 36.6 Å². The van der Waals surface area contributed by atoms with E-state index in [1.165, 1.54) is 0 Å². The summed E-state index contributed by atoms with van der Waals surface area (Å²) in [6.07, 6.45) is 0. The van der Waals surface area contributed by atoms with Crippen molar-refractivity contribution < 1.29 is 4.79 Å². The molecular weight excluding hydrogens is 285 g/mol. The summed E-state index contributed by atoms with van der Waals surface area (Å²) >= 11 is 0. The molecule has 108 valence electrons. The van der Waals surface area contributed by atoms with Crippen LogP contribution in [0.3, 0.4) is 0 Å². The number of nitrogens with zero attached hydrogens (tertiary/aromatic N) is 2. The molecule has 1 unspecified atom stereocenters. The van der Waals surface area contributed by atoms with Crippen molar-refractivity contribution in [2.75, 3.05) is 36.5 Å². The number of nitrogens with two attached hydrogens (primary N) is 1. The first-order valence-electron chi connectivity index (χ1n) is 5.96. The summed E-state index contributed by atoms with van der Waals surface area (Å²) in [6, 6.07) is 8.00. The quantitative estimate of drug-likeness (QED) is 0.908. The van der Waals surface area contributed by atoms with E-state index in [2.05, 4.69) is 4.90 Å². The van der Waals surface area contributed by atoms with Gasteiger partial charge in [0.25, 0.3) is 0 Å². The number of rotatable bonds is 2. The Hall–Kier alpha value is -0.970. The van der Waals surface area contributed by atoms with Gasteiger partial charge in [-0.25, -0.2) is 0 Å². The summed E-state index contributed by atoms with van der Waals surface area (Å²) in [5.41, 5.74) is 7.67. The second-order valence-corrected chi connectivity index (χ2v) is 4.54. The van der Waals surface area contributed by atoms with Gasteiger partial charge in [-0.2, -0.15) is 0 Å². The van der Waals surface area contributed by atoms with Crippen LogP contribution in [0.25, 0.3) is 0 Å². The van der Waals surface area contributed by atoms with Crippen LogP contribution in [0.4, 0.5) is 11.4 Å². The smallest absolute Gasteiger partial charge is 0.231 e. The number of anilines is 2. The molecule has 0 fully saturated rings. The molecule has 0 bridgehead atoms. The molecule has 2 N–H and O–H groups in total. The number of fused-ring (bicyclic) bond motifs is 1. The van der Waals surface area contributed by atoms with Crippen molar-refractivity contribution in [3.63, 3.8) is 0 Å². The van der Waals surface area contributed by atoms with E-state index < -0.39 is 0 Å². The number of halogens is 2. The van der Waals surface area contributed by atoms with Gasteiger partial charge in [-0.1, -0.05) is 19.1 Å². The fraction of sp³-hybridized carbons (Fsp3) is 0.462. The SMILES string of the molecule is CC(CN)C(=O)N1CCN(C)c2ccccc21.Cl.Cl. The molecular formula is C13H21Cl2N3O. The molecule has 0 saturated heterocycles. The van der Waals surface area contributed by atoms with Gasteiger partial charge in [-0.3, -0.25) is 4.79 Å². The maximum absolute atomic E-state index is 12.2. The van der Waals surface area contributed by atoms with E-state index in [4.69, 9.17) is 5.73 Å². The minimum absolute atomic E-state index is 0. The Labute approximate surface area is 126 Å². The average molecular weight is 306 g/mol. The van der Waals surface area contributed by atoms with Crippen LogP contribution in [0.15, 0.2) is 24.3 Å². The summed E-state index contributed by atoms with van der Waals surface area (Å²) in [5.74, 6) is -0.000452. The third-order valence-corrected chi connectivity index (χ3v) is 3.28. The first kappa shape index (κ1) is 18.0. The Morgan fingerprint density at radius 3 is 2.42 bits per heavy atom. The van der Waals surface area contributed by atoms with Crippen LogP contribution in [-0.4, -0.2) is 32.6 Å². The monoisotopic (exact) mass is 305 g/mol. The highest BCUT2D eigenvalue weighted by Gasteiger charge is 2.27. The lowest BCUT2D eigenvalue weighted by Gasteiger charge is -2.36. The van der Waals surface area contributed by atoms with Crippen molar-refractivity contribution in [1.82, 2.24) is 0 Å². The third kappa shape index (κ3) is 3.53. The topological polar surface area (TPSA) is 49.6 Å². The maximum Gasteiger partial charge on any atom is 0.231 e. The zero-order valence-corrected chi connectivity index (χ0v) is 12.8. The Morgan fingerprint density at radius 1 is 1.26 bits per heavy atom. The van der Waals surface area contributed by atoms with E-state index in [0.29, 0.717) is 6.54 Å². The van der Waals surface area contributed by atoms with Gasteiger partial charge in [0.1, 0.15) is 0 Å². The highest BCUT2D eigenvalue weighted by atomic mass is 35.5. The summed E-state index contributed by atoms with van der Waals surface area (Å²) in [4.78, 5) is 16.3. The maximum atomic E-state index is 12.2. The van der Waals surface area contributed by atoms with Gasteiger partial charge in [0.15, 0.2) is 0 Å². The molecule has 1 aliphatic heterocycles. The standard InChI is InChI=1S/C13H19N3O.2ClH/c1-10(9-14)13(17)16-8-7-15(2)11-5-3-4-6-12(11)16;;/h3-6,10H,7-9,14H2,1-2H3;2*1H. The number of hydrogen-bond donors (Lipinski definition) is 1. The summed E-state index contributed by atoms with van der Waals surface area (Å²) in [7, 11) is 2.05. The van der Waals surface area contributed by atoms with E-state index in [0.717, 1.165) is 24.5 Å². The number of para-hydroxylation sites is 2. The molecule has 0 spiro atoms. The fourth-order valence-corrected chi connectivity index (χ4v) is 2.10. The van der Waals surface area contributed by atoms with Gasteiger partial charge >= 0.3 is 0 Å². The van der Waals surface area contributed by atoms with Crippen LogP contribution in [0, 0.1) is 5.92 Å². The van der Waals surface area contributed by atoms with Crippen LogP contribution in [0.1, 0.15) is 6.92 Å². The number of hydrogen-bond acceptors (Lipinski definition) is 3. The van der Waals surface area contributed by atoms with Crippen molar-refractivity contribution in [2.24, 2.45) is 11.7 Å². The number of benzene rings is 1. The Bertz CT molecular complexity index is 428.